The third kappa shape index (κ3) is 3.99. The molecule has 2 heterocycles. The lowest BCUT2D eigenvalue weighted by Crippen LogP contribution is -2.53. The van der Waals surface area contributed by atoms with E-state index in [9.17, 15) is 4.79 Å². The highest BCUT2D eigenvalue weighted by molar-refractivity contribution is 5.75. The fraction of sp³-hybridized carbons (Fsp3) is 0.500. The Balaban J connectivity index is 1.66. The summed E-state index contributed by atoms with van der Waals surface area (Å²) in [5.74, 6) is 1.64. The number of carbonyl (C=O) groups is 1. The van der Waals surface area contributed by atoms with Gasteiger partial charge >= 0.3 is 6.03 Å². The van der Waals surface area contributed by atoms with Crippen LogP contribution in [-0.2, 0) is 11.3 Å². The predicted octanol–water partition coefficient (Wildman–Crippen LogP) is 2.33. The zero-order valence-electron chi connectivity index (χ0n) is 14.8. The molecule has 7 heteroatoms. The summed E-state index contributed by atoms with van der Waals surface area (Å²) in [6.45, 7) is 2.87. The van der Waals surface area contributed by atoms with Crippen molar-refractivity contribution in [2.75, 3.05) is 13.7 Å². The minimum Gasteiger partial charge on any atom is -0.382 e. The lowest BCUT2D eigenvalue weighted by Gasteiger charge is -2.29. The van der Waals surface area contributed by atoms with Gasteiger partial charge in [-0.3, -0.25) is 4.57 Å². The lowest BCUT2D eigenvalue weighted by atomic mass is 9.99. The van der Waals surface area contributed by atoms with E-state index in [0.717, 1.165) is 42.9 Å². The average molecular weight is 343 g/mol. The van der Waals surface area contributed by atoms with Crippen molar-refractivity contribution in [2.45, 2.75) is 44.7 Å². The van der Waals surface area contributed by atoms with Crippen molar-refractivity contribution in [3.8, 4) is 5.82 Å². The lowest BCUT2D eigenvalue weighted by molar-refractivity contribution is 0.115. The molecule has 3 rings (SSSR count). The summed E-state index contributed by atoms with van der Waals surface area (Å²) >= 11 is 0. The van der Waals surface area contributed by atoms with Gasteiger partial charge in [-0.2, -0.15) is 0 Å². The molecule has 0 aromatic carbocycles. The van der Waals surface area contributed by atoms with Crippen LogP contribution in [0.4, 0.5) is 4.79 Å². The molecule has 1 saturated carbocycles. The molecular weight excluding hydrogens is 318 g/mol. The first kappa shape index (κ1) is 17.4. The summed E-state index contributed by atoms with van der Waals surface area (Å²) in [5.41, 5.74) is 0.698. The second-order valence-corrected chi connectivity index (χ2v) is 6.56. The molecule has 2 N–H and O–H groups in total. The summed E-state index contributed by atoms with van der Waals surface area (Å²) in [5, 5.41) is 6.07. The molecule has 1 aliphatic rings. The molecular formula is C18H25N5O2. The number of hydrogen-bond donors (Lipinski definition) is 2. The van der Waals surface area contributed by atoms with Crippen LogP contribution < -0.4 is 10.6 Å². The molecule has 25 heavy (non-hydrogen) atoms. The Kier molecular flexibility index (Phi) is 5.33. The Morgan fingerprint density at radius 3 is 2.80 bits per heavy atom. The van der Waals surface area contributed by atoms with Crippen LogP contribution in [0.2, 0.25) is 0 Å². The molecule has 1 fully saturated rings. The van der Waals surface area contributed by atoms with Crippen LogP contribution in [0.3, 0.4) is 0 Å². The normalized spacial score (nSPS) is 15.9. The molecule has 0 radical (unpaired) electrons. The Bertz CT molecular complexity index is 722. The summed E-state index contributed by atoms with van der Waals surface area (Å²) in [7, 11) is 1.68. The number of imidazole rings is 1. The number of rotatable bonds is 6. The van der Waals surface area contributed by atoms with Gasteiger partial charge < -0.3 is 15.4 Å². The van der Waals surface area contributed by atoms with E-state index in [4.69, 9.17) is 4.74 Å². The van der Waals surface area contributed by atoms with E-state index in [2.05, 4.69) is 20.6 Å². The largest absolute Gasteiger partial charge is 0.382 e. The first-order valence-corrected chi connectivity index (χ1v) is 8.63. The van der Waals surface area contributed by atoms with Crippen molar-refractivity contribution in [3.63, 3.8) is 0 Å². The van der Waals surface area contributed by atoms with Crippen LogP contribution in [0.25, 0.3) is 5.82 Å². The molecule has 2 aromatic rings. The van der Waals surface area contributed by atoms with Crippen LogP contribution in [0.5, 0.6) is 0 Å². The first-order chi connectivity index (χ1) is 12.1. The number of methoxy groups -OCH3 is 1. The summed E-state index contributed by atoms with van der Waals surface area (Å²) < 4.78 is 7.23. The van der Waals surface area contributed by atoms with E-state index in [1.807, 2.05) is 29.8 Å². The van der Waals surface area contributed by atoms with Gasteiger partial charge in [0.15, 0.2) is 0 Å². The van der Waals surface area contributed by atoms with Gasteiger partial charge in [0.25, 0.3) is 0 Å². The van der Waals surface area contributed by atoms with Crippen LogP contribution in [0.1, 0.15) is 37.1 Å². The Morgan fingerprint density at radius 1 is 1.32 bits per heavy atom. The van der Waals surface area contributed by atoms with Crippen molar-refractivity contribution < 1.29 is 9.53 Å². The quantitative estimate of drug-likeness (QED) is 0.843. The summed E-state index contributed by atoms with van der Waals surface area (Å²) in [6, 6.07) is 3.66. The number of nitrogens with one attached hydrogen (secondary N) is 2. The second-order valence-electron chi connectivity index (χ2n) is 6.56. The number of urea groups is 1. The van der Waals surface area contributed by atoms with Gasteiger partial charge in [-0.05, 0) is 25.8 Å². The second kappa shape index (κ2) is 7.65. The van der Waals surface area contributed by atoms with E-state index < -0.39 is 0 Å². The minimum absolute atomic E-state index is 0.170. The SMILES string of the molecule is COCC1(NC(=O)NCc2cccnc2-n2ccnc2C)CCCC1. The third-order valence-electron chi connectivity index (χ3n) is 4.72. The number of amides is 2. The molecule has 1 aliphatic carbocycles. The van der Waals surface area contributed by atoms with E-state index in [-0.39, 0.29) is 11.6 Å². The number of nitrogens with zero attached hydrogens (tertiary/aromatic N) is 3. The van der Waals surface area contributed by atoms with Gasteiger partial charge in [-0.1, -0.05) is 18.9 Å². The van der Waals surface area contributed by atoms with Crippen molar-refractivity contribution >= 4 is 6.03 Å². The molecule has 0 saturated heterocycles. The highest BCUT2D eigenvalue weighted by Crippen LogP contribution is 2.29. The number of aryl methyl sites for hydroxylation is 1. The first-order valence-electron chi connectivity index (χ1n) is 8.63. The van der Waals surface area contributed by atoms with Gasteiger partial charge in [-0.15, -0.1) is 0 Å². The zero-order valence-corrected chi connectivity index (χ0v) is 14.8. The van der Waals surface area contributed by atoms with Crippen molar-refractivity contribution in [2.24, 2.45) is 0 Å². The highest BCUT2D eigenvalue weighted by Gasteiger charge is 2.35. The van der Waals surface area contributed by atoms with E-state index in [1.165, 1.54) is 0 Å². The smallest absolute Gasteiger partial charge is 0.315 e. The number of aromatic nitrogens is 3. The molecule has 7 nitrogen and oxygen atoms in total. The molecule has 2 amide bonds. The van der Waals surface area contributed by atoms with Crippen molar-refractivity contribution in [3.05, 3.63) is 42.1 Å². The molecule has 0 unspecified atom stereocenters. The standard InChI is InChI=1S/C18H25N5O2/c1-14-19-10-11-23(14)16-15(6-5-9-20-16)12-21-17(24)22-18(13-25-2)7-3-4-8-18/h5-6,9-11H,3-4,7-8,12-13H2,1-2H3,(H2,21,22,24). The minimum atomic E-state index is -0.239. The van der Waals surface area contributed by atoms with Gasteiger partial charge in [0.1, 0.15) is 11.6 Å². The molecule has 134 valence electrons. The maximum Gasteiger partial charge on any atom is 0.315 e. The fourth-order valence-corrected chi connectivity index (χ4v) is 3.48. The zero-order chi connectivity index (χ0) is 17.7. The van der Waals surface area contributed by atoms with Crippen LogP contribution in [0, 0.1) is 6.92 Å². The maximum atomic E-state index is 12.4. The van der Waals surface area contributed by atoms with Gasteiger partial charge in [0, 0.05) is 37.8 Å². The highest BCUT2D eigenvalue weighted by atomic mass is 16.5. The Labute approximate surface area is 147 Å². The molecule has 0 aliphatic heterocycles. The van der Waals surface area contributed by atoms with E-state index in [1.54, 1.807) is 19.5 Å². The average Bonchev–Trinajstić information content (AvgIpc) is 3.23. The number of pyridine rings is 1. The van der Waals surface area contributed by atoms with Crippen LogP contribution in [-0.4, -0.2) is 39.8 Å². The van der Waals surface area contributed by atoms with Crippen molar-refractivity contribution in [1.29, 1.82) is 0 Å². The Hall–Kier alpha value is -2.41. The monoisotopic (exact) mass is 343 g/mol. The maximum absolute atomic E-state index is 12.4. The summed E-state index contributed by atoms with van der Waals surface area (Å²) in [6.07, 6.45) is 9.51. The number of carbonyl (C=O) groups excluding carboxylic acids is 1. The molecule has 0 atom stereocenters. The summed E-state index contributed by atoms with van der Waals surface area (Å²) in [4.78, 5) is 21.1. The van der Waals surface area contributed by atoms with Crippen molar-refractivity contribution in [1.82, 2.24) is 25.2 Å². The van der Waals surface area contributed by atoms with Gasteiger partial charge in [-0.25, -0.2) is 14.8 Å². The van der Waals surface area contributed by atoms with E-state index in [0.29, 0.717) is 13.2 Å². The van der Waals surface area contributed by atoms with Crippen LogP contribution >= 0.6 is 0 Å². The van der Waals surface area contributed by atoms with Gasteiger partial charge in [0.2, 0.25) is 0 Å². The van der Waals surface area contributed by atoms with E-state index >= 15 is 0 Å². The molecule has 0 bridgehead atoms. The molecule has 2 aromatic heterocycles. The number of ether oxygens (including phenoxy) is 1. The topological polar surface area (TPSA) is 81.1 Å². The van der Waals surface area contributed by atoms with Crippen LogP contribution in [0.15, 0.2) is 30.7 Å². The van der Waals surface area contributed by atoms with Gasteiger partial charge in [0.05, 0.1) is 12.1 Å². The fourth-order valence-electron chi connectivity index (χ4n) is 3.48. The number of hydrogen-bond acceptors (Lipinski definition) is 4. The predicted molar refractivity (Wildman–Crippen MR) is 94.5 cm³/mol. The molecule has 0 spiro atoms. The third-order valence-corrected chi connectivity index (χ3v) is 4.72. The Morgan fingerprint density at radius 2 is 2.12 bits per heavy atom.